The van der Waals surface area contributed by atoms with Gasteiger partial charge in [0, 0.05) is 18.6 Å². The number of nitrogens with one attached hydrogen (secondary N) is 1. The molecule has 1 N–H and O–H groups in total. The molecule has 0 amide bonds. The molecule has 1 heterocycles. The first-order chi connectivity index (χ1) is 7.42. The average molecular weight is 249 g/mol. The van der Waals surface area contributed by atoms with Gasteiger partial charge in [0.25, 0.3) is 0 Å². The van der Waals surface area contributed by atoms with Gasteiger partial charge in [-0.15, -0.1) is 0 Å². The molecule has 1 saturated heterocycles. The van der Waals surface area contributed by atoms with Crippen LogP contribution in [-0.4, -0.2) is 46.2 Å². The number of rotatable bonds is 6. The summed E-state index contributed by atoms with van der Waals surface area (Å²) in [6, 6.07) is 0. The SMILES string of the molecule is CNCC1(CCS(=O)(=O)C(C)C)CCOC1. The van der Waals surface area contributed by atoms with E-state index in [1.165, 1.54) is 0 Å². The number of ether oxygens (including phenoxy) is 1. The predicted molar refractivity (Wildman–Crippen MR) is 65.3 cm³/mol. The van der Waals surface area contributed by atoms with Gasteiger partial charge in [0.05, 0.1) is 17.6 Å². The first kappa shape index (κ1) is 13.9. The van der Waals surface area contributed by atoms with E-state index in [0.717, 1.165) is 19.6 Å². The molecule has 0 spiro atoms. The van der Waals surface area contributed by atoms with Gasteiger partial charge < -0.3 is 10.1 Å². The molecule has 1 aliphatic heterocycles. The molecule has 1 unspecified atom stereocenters. The topological polar surface area (TPSA) is 55.4 Å². The van der Waals surface area contributed by atoms with E-state index >= 15 is 0 Å². The standard InChI is InChI=1S/C11H23NO3S/c1-10(2)16(13,14)7-5-11(8-12-3)4-6-15-9-11/h10,12H,4-9H2,1-3H3. The van der Waals surface area contributed by atoms with Crippen LogP contribution in [0.5, 0.6) is 0 Å². The van der Waals surface area contributed by atoms with Crippen molar-refractivity contribution >= 4 is 9.84 Å². The summed E-state index contributed by atoms with van der Waals surface area (Å²) in [6.07, 6.45) is 1.66. The molecule has 1 aliphatic rings. The summed E-state index contributed by atoms with van der Waals surface area (Å²) in [5.41, 5.74) is 0.0245. The Bertz CT molecular complexity index is 305. The molecule has 0 radical (unpaired) electrons. The first-order valence-electron chi connectivity index (χ1n) is 5.86. The maximum atomic E-state index is 11.8. The van der Waals surface area contributed by atoms with E-state index in [2.05, 4.69) is 5.32 Å². The second kappa shape index (κ2) is 5.47. The molecule has 1 atom stereocenters. The fourth-order valence-corrected chi connectivity index (χ4v) is 3.23. The van der Waals surface area contributed by atoms with Crippen molar-refractivity contribution in [2.75, 3.05) is 32.6 Å². The van der Waals surface area contributed by atoms with Crippen LogP contribution in [-0.2, 0) is 14.6 Å². The number of hydrogen-bond donors (Lipinski definition) is 1. The van der Waals surface area contributed by atoms with Crippen molar-refractivity contribution in [2.45, 2.75) is 31.9 Å². The van der Waals surface area contributed by atoms with Crippen molar-refractivity contribution in [3.05, 3.63) is 0 Å². The van der Waals surface area contributed by atoms with Crippen LogP contribution in [0.3, 0.4) is 0 Å². The molecule has 16 heavy (non-hydrogen) atoms. The minimum absolute atomic E-state index is 0.0245. The van der Waals surface area contributed by atoms with Gasteiger partial charge in [0.1, 0.15) is 0 Å². The molecule has 1 rings (SSSR count). The van der Waals surface area contributed by atoms with Crippen molar-refractivity contribution in [3.63, 3.8) is 0 Å². The lowest BCUT2D eigenvalue weighted by atomic mass is 9.84. The van der Waals surface area contributed by atoms with E-state index in [4.69, 9.17) is 4.74 Å². The molecule has 0 saturated carbocycles. The monoisotopic (exact) mass is 249 g/mol. The molecule has 0 aromatic carbocycles. The van der Waals surface area contributed by atoms with Crippen molar-refractivity contribution in [1.82, 2.24) is 5.32 Å². The van der Waals surface area contributed by atoms with Crippen molar-refractivity contribution < 1.29 is 13.2 Å². The zero-order valence-corrected chi connectivity index (χ0v) is 11.3. The van der Waals surface area contributed by atoms with Crippen LogP contribution < -0.4 is 5.32 Å². The van der Waals surface area contributed by atoms with Gasteiger partial charge in [0.15, 0.2) is 9.84 Å². The van der Waals surface area contributed by atoms with Crippen LogP contribution in [0.4, 0.5) is 0 Å². The van der Waals surface area contributed by atoms with Crippen molar-refractivity contribution in [2.24, 2.45) is 5.41 Å². The second-order valence-electron chi connectivity index (χ2n) is 5.00. The smallest absolute Gasteiger partial charge is 0.152 e. The van der Waals surface area contributed by atoms with Crippen LogP contribution in [0, 0.1) is 5.41 Å². The Kier molecular flexibility index (Phi) is 4.76. The Morgan fingerprint density at radius 3 is 2.56 bits per heavy atom. The lowest BCUT2D eigenvalue weighted by Gasteiger charge is -2.27. The Labute approximate surface area is 98.7 Å². The van der Waals surface area contributed by atoms with Gasteiger partial charge in [-0.3, -0.25) is 0 Å². The fourth-order valence-electron chi connectivity index (χ4n) is 2.04. The minimum Gasteiger partial charge on any atom is -0.381 e. The van der Waals surface area contributed by atoms with Gasteiger partial charge in [-0.1, -0.05) is 0 Å². The lowest BCUT2D eigenvalue weighted by Crippen LogP contribution is -2.35. The quantitative estimate of drug-likeness (QED) is 0.757. The zero-order valence-electron chi connectivity index (χ0n) is 10.5. The van der Waals surface area contributed by atoms with E-state index in [1.54, 1.807) is 13.8 Å². The summed E-state index contributed by atoms with van der Waals surface area (Å²) in [7, 11) is -1.03. The Morgan fingerprint density at radius 2 is 2.12 bits per heavy atom. The second-order valence-corrected chi connectivity index (χ2v) is 7.68. The summed E-state index contributed by atoms with van der Waals surface area (Å²) >= 11 is 0. The fraction of sp³-hybridized carbons (Fsp3) is 1.00. The van der Waals surface area contributed by atoms with Gasteiger partial charge in [-0.2, -0.15) is 0 Å². The zero-order chi connectivity index (χ0) is 12.2. The van der Waals surface area contributed by atoms with Crippen molar-refractivity contribution in [1.29, 1.82) is 0 Å². The molecule has 4 nitrogen and oxygen atoms in total. The molecular formula is C11H23NO3S. The Balaban J connectivity index is 2.57. The van der Waals surface area contributed by atoms with E-state index in [1.807, 2.05) is 7.05 Å². The van der Waals surface area contributed by atoms with Crippen LogP contribution >= 0.6 is 0 Å². The molecular weight excluding hydrogens is 226 g/mol. The third kappa shape index (κ3) is 3.43. The van der Waals surface area contributed by atoms with Gasteiger partial charge >= 0.3 is 0 Å². The highest BCUT2D eigenvalue weighted by molar-refractivity contribution is 7.91. The van der Waals surface area contributed by atoms with Crippen molar-refractivity contribution in [3.8, 4) is 0 Å². The molecule has 0 aromatic heterocycles. The molecule has 0 aromatic rings. The molecule has 96 valence electrons. The highest BCUT2D eigenvalue weighted by Crippen LogP contribution is 2.32. The summed E-state index contributed by atoms with van der Waals surface area (Å²) in [6.45, 7) is 5.75. The highest BCUT2D eigenvalue weighted by Gasteiger charge is 2.35. The largest absolute Gasteiger partial charge is 0.381 e. The number of hydrogen-bond acceptors (Lipinski definition) is 4. The Morgan fingerprint density at radius 1 is 1.44 bits per heavy atom. The third-order valence-corrected chi connectivity index (χ3v) is 5.58. The molecule has 0 bridgehead atoms. The predicted octanol–water partition coefficient (Wildman–Crippen LogP) is 0.826. The lowest BCUT2D eigenvalue weighted by molar-refractivity contribution is 0.148. The van der Waals surface area contributed by atoms with Crippen LogP contribution in [0.1, 0.15) is 26.7 Å². The summed E-state index contributed by atoms with van der Waals surface area (Å²) in [5.74, 6) is 0.274. The average Bonchev–Trinajstić information content (AvgIpc) is 2.65. The summed E-state index contributed by atoms with van der Waals surface area (Å²) in [4.78, 5) is 0. The van der Waals surface area contributed by atoms with Crippen LogP contribution in [0.2, 0.25) is 0 Å². The van der Waals surface area contributed by atoms with Crippen LogP contribution in [0.15, 0.2) is 0 Å². The van der Waals surface area contributed by atoms with Crippen LogP contribution in [0.25, 0.3) is 0 Å². The van der Waals surface area contributed by atoms with E-state index in [-0.39, 0.29) is 16.4 Å². The van der Waals surface area contributed by atoms with Gasteiger partial charge in [-0.25, -0.2) is 8.42 Å². The third-order valence-electron chi connectivity index (χ3n) is 3.37. The highest BCUT2D eigenvalue weighted by atomic mass is 32.2. The molecule has 5 heteroatoms. The number of sulfone groups is 1. The van der Waals surface area contributed by atoms with E-state index < -0.39 is 9.84 Å². The minimum atomic E-state index is -2.93. The molecule has 0 aliphatic carbocycles. The van der Waals surface area contributed by atoms with E-state index in [0.29, 0.717) is 13.0 Å². The maximum absolute atomic E-state index is 11.8. The first-order valence-corrected chi connectivity index (χ1v) is 7.57. The van der Waals surface area contributed by atoms with Gasteiger partial charge in [0.2, 0.25) is 0 Å². The summed E-state index contributed by atoms with van der Waals surface area (Å²) < 4.78 is 28.9. The van der Waals surface area contributed by atoms with Gasteiger partial charge in [-0.05, 0) is 33.7 Å². The Hall–Kier alpha value is -0.130. The maximum Gasteiger partial charge on any atom is 0.152 e. The van der Waals surface area contributed by atoms with E-state index in [9.17, 15) is 8.42 Å². The molecule has 1 fully saturated rings. The normalized spacial score (nSPS) is 26.5. The summed E-state index contributed by atoms with van der Waals surface area (Å²) in [5, 5.41) is 2.86.